The summed E-state index contributed by atoms with van der Waals surface area (Å²) in [5, 5.41) is 4.21. The third kappa shape index (κ3) is 1.89. The minimum atomic E-state index is -0.580. The average Bonchev–Trinajstić information content (AvgIpc) is 2.70. The second-order valence-corrected chi connectivity index (χ2v) is 5.33. The first-order valence-corrected chi connectivity index (χ1v) is 6.83. The van der Waals surface area contributed by atoms with E-state index < -0.39 is 5.79 Å². The smallest absolute Gasteiger partial charge is 0.255 e. The summed E-state index contributed by atoms with van der Waals surface area (Å²) in [5.74, 6) is -0.580. The lowest BCUT2D eigenvalue weighted by Gasteiger charge is -2.33. The number of alkyl halides is 1. The van der Waals surface area contributed by atoms with Crippen LogP contribution >= 0.6 is 15.9 Å². The molecule has 2 aliphatic rings. The molecule has 0 aromatic heterocycles. The van der Waals surface area contributed by atoms with Crippen LogP contribution in [0.2, 0.25) is 0 Å². The Morgan fingerprint density at radius 2 is 2.06 bits per heavy atom. The standard InChI is InChI=1S/C13H14BrNO2/c14-12-11(10-6-2-1-3-7-10)15-17-13(12)8-4-5-9-16-13/h1-3,6-7,12H,4-5,8-9H2/t12-,13-/m0/s1. The quantitative estimate of drug-likeness (QED) is 0.746. The van der Waals surface area contributed by atoms with Crippen molar-refractivity contribution in [1.29, 1.82) is 0 Å². The fourth-order valence-electron chi connectivity index (χ4n) is 2.30. The number of halogens is 1. The first-order valence-electron chi connectivity index (χ1n) is 5.91. The van der Waals surface area contributed by atoms with E-state index in [-0.39, 0.29) is 4.83 Å². The van der Waals surface area contributed by atoms with Crippen molar-refractivity contribution in [3.63, 3.8) is 0 Å². The molecule has 3 rings (SSSR count). The molecule has 1 fully saturated rings. The number of ether oxygens (including phenoxy) is 1. The van der Waals surface area contributed by atoms with Crippen LogP contribution in [-0.2, 0) is 9.57 Å². The first-order chi connectivity index (χ1) is 8.32. The molecular formula is C13H14BrNO2. The van der Waals surface area contributed by atoms with Crippen LogP contribution in [0.3, 0.4) is 0 Å². The molecule has 4 heteroatoms. The molecule has 0 N–H and O–H groups in total. The molecule has 1 saturated heterocycles. The number of rotatable bonds is 1. The predicted octanol–water partition coefficient (Wildman–Crippen LogP) is 3.08. The number of hydrogen-bond acceptors (Lipinski definition) is 3. The highest BCUT2D eigenvalue weighted by Gasteiger charge is 2.50. The third-order valence-electron chi connectivity index (χ3n) is 3.26. The molecule has 1 aromatic carbocycles. The van der Waals surface area contributed by atoms with E-state index in [9.17, 15) is 0 Å². The van der Waals surface area contributed by atoms with E-state index in [0.717, 1.165) is 37.1 Å². The lowest BCUT2D eigenvalue weighted by Crippen LogP contribution is -2.45. The SMILES string of the molecule is Br[C@H]1C(c2ccccc2)=NO[C@@]12CCCCO2. The molecule has 17 heavy (non-hydrogen) atoms. The summed E-state index contributed by atoms with van der Waals surface area (Å²) in [4.78, 5) is 5.59. The molecule has 2 atom stereocenters. The number of benzene rings is 1. The Morgan fingerprint density at radius 1 is 1.24 bits per heavy atom. The number of hydrogen-bond donors (Lipinski definition) is 0. The van der Waals surface area contributed by atoms with Gasteiger partial charge in [-0.15, -0.1) is 0 Å². The maximum Gasteiger partial charge on any atom is 0.255 e. The largest absolute Gasteiger partial charge is 0.358 e. The maximum absolute atomic E-state index is 5.81. The lowest BCUT2D eigenvalue weighted by atomic mass is 9.97. The lowest BCUT2D eigenvalue weighted by molar-refractivity contribution is -0.236. The molecule has 3 nitrogen and oxygen atoms in total. The zero-order valence-electron chi connectivity index (χ0n) is 9.43. The van der Waals surface area contributed by atoms with E-state index in [2.05, 4.69) is 21.1 Å². The zero-order valence-corrected chi connectivity index (χ0v) is 11.0. The molecule has 0 bridgehead atoms. The second kappa shape index (κ2) is 4.42. The topological polar surface area (TPSA) is 30.8 Å². The minimum absolute atomic E-state index is 0.0118. The van der Waals surface area contributed by atoms with Crippen LogP contribution in [0.25, 0.3) is 0 Å². The molecule has 2 aliphatic heterocycles. The van der Waals surface area contributed by atoms with Crippen molar-refractivity contribution in [2.24, 2.45) is 5.16 Å². The molecular weight excluding hydrogens is 282 g/mol. The van der Waals surface area contributed by atoms with E-state index in [4.69, 9.17) is 9.57 Å². The summed E-state index contributed by atoms with van der Waals surface area (Å²) in [7, 11) is 0. The molecule has 0 amide bonds. The van der Waals surface area contributed by atoms with Crippen LogP contribution in [0, 0.1) is 0 Å². The van der Waals surface area contributed by atoms with E-state index in [1.54, 1.807) is 0 Å². The summed E-state index contributed by atoms with van der Waals surface area (Å²) >= 11 is 3.68. The number of nitrogens with zero attached hydrogens (tertiary/aromatic N) is 1. The highest BCUT2D eigenvalue weighted by molar-refractivity contribution is 9.10. The van der Waals surface area contributed by atoms with Crippen molar-refractivity contribution >= 4 is 21.6 Å². The van der Waals surface area contributed by atoms with Gasteiger partial charge in [0.15, 0.2) is 0 Å². The molecule has 1 spiro atoms. The maximum atomic E-state index is 5.81. The Balaban J connectivity index is 1.86. The molecule has 1 aromatic rings. The van der Waals surface area contributed by atoms with Crippen LogP contribution in [0.15, 0.2) is 35.5 Å². The molecule has 0 radical (unpaired) electrons. The Hall–Kier alpha value is -0.870. The molecule has 90 valence electrons. The first kappa shape index (κ1) is 11.2. The van der Waals surface area contributed by atoms with Gasteiger partial charge in [0, 0.05) is 12.0 Å². The van der Waals surface area contributed by atoms with Gasteiger partial charge < -0.3 is 9.57 Å². The monoisotopic (exact) mass is 295 g/mol. The normalized spacial score (nSPS) is 32.3. The highest BCUT2D eigenvalue weighted by Crippen LogP contribution is 2.39. The molecule has 0 saturated carbocycles. The van der Waals surface area contributed by atoms with Crippen LogP contribution < -0.4 is 0 Å². The summed E-state index contributed by atoms with van der Waals surface area (Å²) in [5.41, 5.74) is 2.01. The van der Waals surface area contributed by atoms with Gasteiger partial charge in [0.05, 0.1) is 6.61 Å². The Labute approximate surface area is 109 Å². The van der Waals surface area contributed by atoms with Gasteiger partial charge in [0.2, 0.25) is 0 Å². The van der Waals surface area contributed by atoms with Gasteiger partial charge in [0.1, 0.15) is 10.5 Å². The van der Waals surface area contributed by atoms with Crippen LogP contribution in [0.5, 0.6) is 0 Å². The average molecular weight is 296 g/mol. The van der Waals surface area contributed by atoms with Gasteiger partial charge in [-0.3, -0.25) is 0 Å². The third-order valence-corrected chi connectivity index (χ3v) is 4.39. The van der Waals surface area contributed by atoms with Crippen molar-refractivity contribution < 1.29 is 9.57 Å². The second-order valence-electron chi connectivity index (χ2n) is 4.41. The Morgan fingerprint density at radius 3 is 2.76 bits per heavy atom. The minimum Gasteiger partial charge on any atom is -0.358 e. The van der Waals surface area contributed by atoms with Crippen molar-refractivity contribution in [3.8, 4) is 0 Å². The summed E-state index contributed by atoms with van der Waals surface area (Å²) in [6.45, 7) is 0.750. The van der Waals surface area contributed by atoms with Crippen LogP contribution in [0.1, 0.15) is 24.8 Å². The fraction of sp³-hybridized carbons (Fsp3) is 0.462. The van der Waals surface area contributed by atoms with Crippen molar-refractivity contribution in [3.05, 3.63) is 35.9 Å². The van der Waals surface area contributed by atoms with Gasteiger partial charge in [-0.2, -0.15) is 0 Å². The summed E-state index contributed by atoms with van der Waals surface area (Å²) in [6.07, 6.45) is 3.12. The van der Waals surface area contributed by atoms with E-state index in [1.165, 1.54) is 0 Å². The Kier molecular flexibility index (Phi) is 2.92. The van der Waals surface area contributed by atoms with Crippen LogP contribution in [-0.4, -0.2) is 22.9 Å². The van der Waals surface area contributed by atoms with Gasteiger partial charge in [0.25, 0.3) is 5.79 Å². The Bertz CT molecular complexity index is 426. The molecule has 0 unspecified atom stereocenters. The van der Waals surface area contributed by atoms with Gasteiger partial charge >= 0.3 is 0 Å². The van der Waals surface area contributed by atoms with E-state index in [1.807, 2.05) is 30.3 Å². The fourth-order valence-corrected chi connectivity index (χ4v) is 3.09. The van der Waals surface area contributed by atoms with Crippen molar-refractivity contribution in [2.75, 3.05) is 6.61 Å². The highest BCUT2D eigenvalue weighted by atomic mass is 79.9. The molecule has 0 aliphatic carbocycles. The van der Waals surface area contributed by atoms with E-state index in [0.29, 0.717) is 0 Å². The predicted molar refractivity (Wildman–Crippen MR) is 69.3 cm³/mol. The van der Waals surface area contributed by atoms with E-state index >= 15 is 0 Å². The summed E-state index contributed by atoms with van der Waals surface area (Å²) in [6, 6.07) is 10.1. The zero-order chi connectivity index (χ0) is 11.7. The van der Waals surface area contributed by atoms with Crippen molar-refractivity contribution in [1.82, 2.24) is 0 Å². The molecule has 2 heterocycles. The van der Waals surface area contributed by atoms with Crippen molar-refractivity contribution in [2.45, 2.75) is 29.9 Å². The van der Waals surface area contributed by atoms with Gasteiger partial charge in [-0.25, -0.2) is 0 Å². The van der Waals surface area contributed by atoms with Gasteiger partial charge in [-0.1, -0.05) is 51.4 Å². The van der Waals surface area contributed by atoms with Crippen LogP contribution in [0.4, 0.5) is 0 Å². The summed E-state index contributed by atoms with van der Waals surface area (Å²) < 4.78 is 5.81. The van der Waals surface area contributed by atoms with Gasteiger partial charge in [-0.05, 0) is 12.8 Å². The number of oxime groups is 1.